The minimum atomic E-state index is -1.40. The van der Waals surface area contributed by atoms with Crippen LogP contribution in [0.3, 0.4) is 0 Å². The molecule has 1 N–H and O–H groups in total. The number of rotatable bonds is 9. The highest BCUT2D eigenvalue weighted by Gasteiger charge is 2.21. The Labute approximate surface area is 206 Å². The molecule has 0 saturated heterocycles. The summed E-state index contributed by atoms with van der Waals surface area (Å²) in [5, 5.41) is 9.25. The van der Waals surface area contributed by atoms with Crippen LogP contribution in [0.25, 0.3) is 17.2 Å². The van der Waals surface area contributed by atoms with Crippen LogP contribution in [0.5, 0.6) is 11.5 Å². The van der Waals surface area contributed by atoms with Crippen molar-refractivity contribution in [3.05, 3.63) is 114 Å². The molecule has 0 aromatic heterocycles. The van der Waals surface area contributed by atoms with Crippen molar-refractivity contribution >= 4 is 18.0 Å². The van der Waals surface area contributed by atoms with Crippen molar-refractivity contribution in [3.8, 4) is 22.6 Å². The fraction of sp³-hybridized carbons (Fsp3) is 0.0714. The third kappa shape index (κ3) is 6.38. The summed E-state index contributed by atoms with van der Waals surface area (Å²) >= 11 is 0. The highest BCUT2D eigenvalue weighted by atomic mass is 19.2. The van der Waals surface area contributed by atoms with Crippen LogP contribution >= 0.6 is 0 Å². The summed E-state index contributed by atoms with van der Waals surface area (Å²) in [5.41, 5.74) is 2.47. The van der Waals surface area contributed by atoms with E-state index in [0.29, 0.717) is 16.9 Å². The van der Waals surface area contributed by atoms with Crippen molar-refractivity contribution in [2.24, 2.45) is 0 Å². The lowest BCUT2D eigenvalue weighted by molar-refractivity contribution is -0.269. The van der Waals surface area contributed by atoms with Gasteiger partial charge < -0.3 is 9.47 Å². The topological polar surface area (TPSA) is 82.1 Å². The van der Waals surface area contributed by atoms with Crippen LogP contribution in [0.2, 0.25) is 0 Å². The Morgan fingerprint density at radius 2 is 1.53 bits per heavy atom. The molecule has 36 heavy (non-hydrogen) atoms. The van der Waals surface area contributed by atoms with Crippen LogP contribution in [0.4, 0.5) is 8.78 Å². The number of carbonyl (C=O) groups is 2. The van der Waals surface area contributed by atoms with Gasteiger partial charge in [0.05, 0.1) is 0 Å². The van der Waals surface area contributed by atoms with Crippen LogP contribution in [0.15, 0.2) is 91.5 Å². The second kappa shape index (κ2) is 11.8. The van der Waals surface area contributed by atoms with Gasteiger partial charge in [-0.05, 0) is 54.0 Å². The quantitative estimate of drug-likeness (QED) is 0.122. The molecule has 184 valence electrons. The molecule has 0 amide bonds. The van der Waals surface area contributed by atoms with Gasteiger partial charge in [0.25, 0.3) is 0 Å². The van der Waals surface area contributed by atoms with E-state index in [1.807, 2.05) is 12.1 Å². The van der Waals surface area contributed by atoms with Crippen molar-refractivity contribution in [1.82, 2.24) is 0 Å². The van der Waals surface area contributed by atoms with E-state index in [-0.39, 0.29) is 5.56 Å². The predicted molar refractivity (Wildman–Crippen MR) is 130 cm³/mol. The lowest BCUT2D eigenvalue weighted by Crippen LogP contribution is -2.08. The SMILES string of the molecule is C=CC(=O)Oc1ccc(C(/C=C/c2ccc(-c3ccc(OC(=O)C(=C)C)cc3)cc2)OO)c(F)c1F. The molecule has 0 radical (unpaired) electrons. The molecule has 1 atom stereocenters. The zero-order valence-corrected chi connectivity index (χ0v) is 19.2. The molecular formula is C28H22F2O6. The Bertz CT molecular complexity index is 1310. The Balaban J connectivity index is 1.73. The molecule has 0 saturated carbocycles. The van der Waals surface area contributed by atoms with Gasteiger partial charge in [-0.15, -0.1) is 0 Å². The maximum atomic E-state index is 14.5. The molecule has 3 rings (SSSR count). The lowest BCUT2D eigenvalue weighted by Gasteiger charge is -2.13. The molecule has 0 bridgehead atoms. The molecule has 0 fully saturated rings. The second-order valence-corrected chi connectivity index (χ2v) is 7.61. The van der Waals surface area contributed by atoms with Gasteiger partial charge in [-0.25, -0.2) is 18.9 Å². The number of hydrogen-bond acceptors (Lipinski definition) is 6. The van der Waals surface area contributed by atoms with E-state index in [0.717, 1.165) is 29.3 Å². The number of carbonyl (C=O) groups excluding carboxylic acids is 2. The Morgan fingerprint density at radius 3 is 2.08 bits per heavy atom. The first-order valence-corrected chi connectivity index (χ1v) is 10.6. The minimum absolute atomic E-state index is 0.297. The van der Waals surface area contributed by atoms with E-state index < -0.39 is 35.4 Å². The minimum Gasteiger partial charge on any atom is -0.423 e. The molecule has 0 aliphatic carbocycles. The van der Waals surface area contributed by atoms with Crippen LogP contribution in [-0.4, -0.2) is 17.2 Å². The molecule has 0 aliphatic heterocycles. The molecule has 3 aromatic carbocycles. The van der Waals surface area contributed by atoms with Crippen molar-refractivity contribution in [2.45, 2.75) is 13.0 Å². The van der Waals surface area contributed by atoms with E-state index in [2.05, 4.69) is 22.8 Å². The highest BCUT2D eigenvalue weighted by Crippen LogP contribution is 2.30. The molecule has 0 spiro atoms. The summed E-state index contributed by atoms with van der Waals surface area (Å²) in [6.07, 6.45) is 2.40. The summed E-state index contributed by atoms with van der Waals surface area (Å²) in [7, 11) is 0. The van der Waals surface area contributed by atoms with E-state index in [1.54, 1.807) is 49.4 Å². The lowest BCUT2D eigenvalue weighted by atomic mass is 10.0. The number of benzene rings is 3. The van der Waals surface area contributed by atoms with Gasteiger partial charge in [0.15, 0.2) is 11.6 Å². The fourth-order valence-electron chi connectivity index (χ4n) is 3.09. The summed E-state index contributed by atoms with van der Waals surface area (Å²) in [6.45, 7) is 8.30. The normalized spacial score (nSPS) is 11.7. The van der Waals surface area contributed by atoms with E-state index in [4.69, 9.17) is 4.74 Å². The Hall–Kier alpha value is -4.40. The monoisotopic (exact) mass is 492 g/mol. The zero-order chi connectivity index (χ0) is 26.2. The van der Waals surface area contributed by atoms with Gasteiger partial charge in [-0.3, -0.25) is 5.26 Å². The van der Waals surface area contributed by atoms with Gasteiger partial charge in [0.2, 0.25) is 5.82 Å². The van der Waals surface area contributed by atoms with Crippen molar-refractivity contribution in [1.29, 1.82) is 0 Å². The number of hydrogen-bond donors (Lipinski definition) is 1. The Kier molecular flexibility index (Phi) is 8.61. The standard InChI is InChI=1S/C28H22F2O6/c1-4-25(31)35-24-16-14-22(26(29)27(24)30)23(36-33)15-7-18-5-8-19(9-6-18)20-10-12-21(13-11-20)34-28(32)17(2)3/h4-16,23,33H,1-2H2,3H3/b15-7+. The van der Waals surface area contributed by atoms with Crippen molar-refractivity contribution < 1.29 is 38.0 Å². The smallest absolute Gasteiger partial charge is 0.338 e. The summed E-state index contributed by atoms with van der Waals surface area (Å²) in [6, 6.07) is 16.4. The van der Waals surface area contributed by atoms with Crippen molar-refractivity contribution in [3.63, 3.8) is 0 Å². The van der Waals surface area contributed by atoms with Crippen LogP contribution in [0.1, 0.15) is 24.2 Å². The van der Waals surface area contributed by atoms with E-state index in [1.165, 1.54) is 6.08 Å². The summed E-state index contributed by atoms with van der Waals surface area (Å²) < 4.78 is 38.6. The fourth-order valence-corrected chi connectivity index (χ4v) is 3.09. The number of ether oxygens (including phenoxy) is 2. The largest absolute Gasteiger partial charge is 0.423 e. The first-order valence-electron chi connectivity index (χ1n) is 10.6. The van der Waals surface area contributed by atoms with Gasteiger partial charge in [0, 0.05) is 17.2 Å². The third-order valence-corrected chi connectivity index (χ3v) is 4.99. The van der Waals surface area contributed by atoms with Gasteiger partial charge in [-0.1, -0.05) is 55.6 Å². The molecular weight excluding hydrogens is 470 g/mol. The molecule has 1 unspecified atom stereocenters. The first kappa shape index (κ1) is 26.2. The van der Waals surface area contributed by atoms with Gasteiger partial charge in [-0.2, -0.15) is 4.39 Å². The van der Waals surface area contributed by atoms with Crippen molar-refractivity contribution in [2.75, 3.05) is 0 Å². The van der Waals surface area contributed by atoms with E-state index in [9.17, 15) is 23.6 Å². The highest BCUT2D eigenvalue weighted by molar-refractivity contribution is 5.88. The van der Waals surface area contributed by atoms with E-state index >= 15 is 0 Å². The second-order valence-electron chi connectivity index (χ2n) is 7.61. The third-order valence-electron chi connectivity index (χ3n) is 4.99. The average Bonchev–Trinajstić information content (AvgIpc) is 2.88. The molecule has 3 aromatic rings. The maximum Gasteiger partial charge on any atom is 0.338 e. The van der Waals surface area contributed by atoms with Gasteiger partial charge >= 0.3 is 11.9 Å². The Morgan fingerprint density at radius 1 is 0.917 bits per heavy atom. The molecule has 6 nitrogen and oxygen atoms in total. The first-order chi connectivity index (χ1) is 17.2. The summed E-state index contributed by atoms with van der Waals surface area (Å²) in [4.78, 5) is 27.2. The maximum absolute atomic E-state index is 14.5. The predicted octanol–water partition coefficient (Wildman–Crippen LogP) is 6.45. The van der Waals surface area contributed by atoms with Crippen LogP contribution < -0.4 is 9.47 Å². The molecule has 0 heterocycles. The molecule has 0 aliphatic rings. The average molecular weight is 492 g/mol. The summed E-state index contributed by atoms with van der Waals surface area (Å²) in [5.74, 6) is -4.39. The zero-order valence-electron chi connectivity index (χ0n) is 19.2. The number of esters is 2. The number of halogens is 2. The van der Waals surface area contributed by atoms with Crippen LogP contribution in [-0.2, 0) is 14.5 Å². The molecule has 8 heteroatoms. The van der Waals surface area contributed by atoms with Crippen LogP contribution in [0, 0.1) is 11.6 Å². The van der Waals surface area contributed by atoms with Gasteiger partial charge in [0.1, 0.15) is 11.9 Å².